The standard InChI is InChI=1S/C13H19NO/c1-9(2)11-7-10(13(3)8-14-13)5-6-12(11)15-4/h5-7,9,14H,8H2,1-4H3. The summed E-state index contributed by atoms with van der Waals surface area (Å²) in [7, 11) is 1.73. The molecule has 1 unspecified atom stereocenters. The predicted octanol–water partition coefficient (Wildman–Crippen LogP) is 2.64. The van der Waals surface area contributed by atoms with Crippen LogP contribution in [0.1, 0.15) is 37.8 Å². The maximum Gasteiger partial charge on any atom is 0.122 e. The van der Waals surface area contributed by atoms with Crippen molar-refractivity contribution in [3.05, 3.63) is 29.3 Å². The van der Waals surface area contributed by atoms with Crippen LogP contribution < -0.4 is 10.1 Å². The fraction of sp³-hybridized carbons (Fsp3) is 0.538. The maximum atomic E-state index is 5.37. The lowest BCUT2D eigenvalue weighted by molar-refractivity contribution is 0.407. The van der Waals surface area contributed by atoms with Gasteiger partial charge in [-0.05, 0) is 36.1 Å². The molecule has 0 spiro atoms. The average Bonchev–Trinajstić information content (AvgIpc) is 2.96. The van der Waals surface area contributed by atoms with E-state index in [1.807, 2.05) is 0 Å². The predicted molar refractivity (Wildman–Crippen MR) is 62.4 cm³/mol. The lowest BCUT2D eigenvalue weighted by Crippen LogP contribution is -2.08. The van der Waals surface area contributed by atoms with Crippen LogP contribution in [0.4, 0.5) is 0 Å². The Hall–Kier alpha value is -1.02. The van der Waals surface area contributed by atoms with Crippen LogP contribution in [0, 0.1) is 0 Å². The van der Waals surface area contributed by atoms with Gasteiger partial charge < -0.3 is 10.1 Å². The zero-order valence-electron chi connectivity index (χ0n) is 9.92. The lowest BCUT2D eigenvalue weighted by atomic mass is 9.94. The van der Waals surface area contributed by atoms with Crippen molar-refractivity contribution in [2.75, 3.05) is 13.7 Å². The van der Waals surface area contributed by atoms with Crippen LogP contribution in [-0.2, 0) is 5.54 Å². The van der Waals surface area contributed by atoms with Gasteiger partial charge in [-0.15, -0.1) is 0 Å². The van der Waals surface area contributed by atoms with Crippen LogP contribution in [0.2, 0.25) is 0 Å². The second-order valence-electron chi connectivity index (χ2n) is 4.80. The number of benzene rings is 1. The van der Waals surface area contributed by atoms with E-state index >= 15 is 0 Å². The third-order valence-corrected chi connectivity index (χ3v) is 3.20. The molecule has 0 amide bonds. The zero-order chi connectivity index (χ0) is 11.1. The summed E-state index contributed by atoms with van der Waals surface area (Å²) < 4.78 is 5.37. The van der Waals surface area contributed by atoms with E-state index in [2.05, 4.69) is 44.3 Å². The molecule has 82 valence electrons. The molecule has 1 fully saturated rings. The van der Waals surface area contributed by atoms with Gasteiger partial charge in [0.05, 0.1) is 12.6 Å². The van der Waals surface area contributed by atoms with Crippen molar-refractivity contribution in [3.63, 3.8) is 0 Å². The smallest absolute Gasteiger partial charge is 0.122 e. The van der Waals surface area contributed by atoms with Gasteiger partial charge >= 0.3 is 0 Å². The Morgan fingerprint density at radius 3 is 2.53 bits per heavy atom. The largest absolute Gasteiger partial charge is 0.496 e. The molecular weight excluding hydrogens is 186 g/mol. The SMILES string of the molecule is COc1ccc(C2(C)CN2)cc1C(C)C. The van der Waals surface area contributed by atoms with Gasteiger partial charge in [-0.25, -0.2) is 0 Å². The molecule has 1 aliphatic heterocycles. The van der Waals surface area contributed by atoms with Crippen LogP contribution in [0.25, 0.3) is 0 Å². The second kappa shape index (κ2) is 3.53. The van der Waals surface area contributed by atoms with E-state index in [1.165, 1.54) is 11.1 Å². The normalized spacial score (nSPS) is 24.3. The van der Waals surface area contributed by atoms with Crippen LogP contribution >= 0.6 is 0 Å². The minimum Gasteiger partial charge on any atom is -0.496 e. The van der Waals surface area contributed by atoms with E-state index in [1.54, 1.807) is 7.11 Å². The third-order valence-electron chi connectivity index (χ3n) is 3.20. The van der Waals surface area contributed by atoms with Crippen LogP contribution in [0.15, 0.2) is 18.2 Å². The van der Waals surface area contributed by atoms with Crippen molar-refractivity contribution in [2.24, 2.45) is 0 Å². The molecule has 2 nitrogen and oxygen atoms in total. The molecule has 0 saturated carbocycles. The van der Waals surface area contributed by atoms with E-state index in [4.69, 9.17) is 4.74 Å². The van der Waals surface area contributed by atoms with Gasteiger partial charge in [-0.1, -0.05) is 19.9 Å². The molecule has 1 heterocycles. The topological polar surface area (TPSA) is 31.2 Å². The summed E-state index contributed by atoms with van der Waals surface area (Å²) in [6.45, 7) is 7.71. The summed E-state index contributed by atoms with van der Waals surface area (Å²) in [6.07, 6.45) is 0. The summed E-state index contributed by atoms with van der Waals surface area (Å²) in [5, 5.41) is 3.39. The van der Waals surface area contributed by atoms with Gasteiger partial charge in [0.2, 0.25) is 0 Å². The van der Waals surface area contributed by atoms with Crippen LogP contribution in [-0.4, -0.2) is 13.7 Å². The number of rotatable bonds is 3. The summed E-state index contributed by atoms with van der Waals surface area (Å²) in [6, 6.07) is 6.50. The molecule has 0 radical (unpaired) electrons. The first-order valence-corrected chi connectivity index (χ1v) is 5.50. The Morgan fingerprint density at radius 1 is 1.40 bits per heavy atom. The Labute approximate surface area is 91.6 Å². The Bertz CT molecular complexity index is 367. The Kier molecular flexibility index (Phi) is 2.47. The summed E-state index contributed by atoms with van der Waals surface area (Å²) in [5.74, 6) is 1.50. The summed E-state index contributed by atoms with van der Waals surface area (Å²) in [4.78, 5) is 0. The monoisotopic (exact) mass is 205 g/mol. The Morgan fingerprint density at radius 2 is 2.07 bits per heavy atom. The van der Waals surface area contributed by atoms with Gasteiger partial charge in [0, 0.05) is 6.54 Å². The fourth-order valence-corrected chi connectivity index (χ4v) is 1.87. The van der Waals surface area contributed by atoms with Crippen molar-refractivity contribution in [1.82, 2.24) is 5.32 Å². The minimum absolute atomic E-state index is 0.204. The number of ether oxygens (including phenoxy) is 1. The van der Waals surface area contributed by atoms with Gasteiger partial charge in [-0.3, -0.25) is 0 Å². The number of hydrogen-bond acceptors (Lipinski definition) is 2. The molecule has 0 aliphatic carbocycles. The molecule has 2 heteroatoms. The lowest BCUT2D eigenvalue weighted by Gasteiger charge is -2.15. The number of methoxy groups -OCH3 is 1. The van der Waals surface area contributed by atoms with Gasteiger partial charge in [0.15, 0.2) is 0 Å². The van der Waals surface area contributed by atoms with Crippen LogP contribution in [0.3, 0.4) is 0 Å². The Balaban J connectivity index is 2.41. The highest BCUT2D eigenvalue weighted by atomic mass is 16.5. The number of hydrogen-bond donors (Lipinski definition) is 1. The van der Waals surface area contributed by atoms with Crippen molar-refractivity contribution in [1.29, 1.82) is 0 Å². The van der Waals surface area contributed by atoms with Gasteiger partial charge in [-0.2, -0.15) is 0 Å². The molecule has 0 aromatic heterocycles. The summed E-state index contributed by atoms with van der Waals surface area (Å²) >= 11 is 0. The van der Waals surface area contributed by atoms with Gasteiger partial charge in [0.1, 0.15) is 5.75 Å². The minimum atomic E-state index is 0.204. The first-order valence-electron chi connectivity index (χ1n) is 5.50. The first kappa shape index (κ1) is 10.5. The van der Waals surface area contributed by atoms with Crippen molar-refractivity contribution >= 4 is 0 Å². The summed E-state index contributed by atoms with van der Waals surface area (Å²) in [5.41, 5.74) is 2.87. The third kappa shape index (κ3) is 1.86. The zero-order valence-corrected chi connectivity index (χ0v) is 9.92. The molecule has 1 N–H and O–H groups in total. The molecular formula is C13H19NO. The number of nitrogens with one attached hydrogen (secondary N) is 1. The van der Waals surface area contributed by atoms with Crippen molar-refractivity contribution in [3.8, 4) is 5.75 Å². The molecule has 1 aromatic rings. The molecule has 1 aliphatic rings. The second-order valence-corrected chi connectivity index (χ2v) is 4.80. The van der Waals surface area contributed by atoms with E-state index in [0.717, 1.165) is 12.3 Å². The van der Waals surface area contributed by atoms with E-state index < -0.39 is 0 Å². The average molecular weight is 205 g/mol. The van der Waals surface area contributed by atoms with Crippen molar-refractivity contribution < 1.29 is 4.74 Å². The fourth-order valence-electron chi connectivity index (χ4n) is 1.87. The highest BCUT2D eigenvalue weighted by Gasteiger charge is 2.38. The first-order chi connectivity index (χ1) is 7.07. The van der Waals surface area contributed by atoms with Crippen molar-refractivity contribution in [2.45, 2.75) is 32.2 Å². The molecule has 1 aromatic carbocycles. The highest BCUT2D eigenvalue weighted by molar-refractivity contribution is 5.43. The quantitative estimate of drug-likeness (QED) is 0.769. The molecule has 1 atom stereocenters. The van der Waals surface area contributed by atoms with Crippen LogP contribution in [0.5, 0.6) is 5.75 Å². The van der Waals surface area contributed by atoms with E-state index in [9.17, 15) is 0 Å². The molecule has 0 bridgehead atoms. The molecule has 2 rings (SSSR count). The highest BCUT2D eigenvalue weighted by Crippen LogP contribution is 2.35. The maximum absolute atomic E-state index is 5.37. The molecule has 15 heavy (non-hydrogen) atoms. The van der Waals surface area contributed by atoms with E-state index in [0.29, 0.717) is 5.92 Å². The van der Waals surface area contributed by atoms with E-state index in [-0.39, 0.29) is 5.54 Å². The van der Waals surface area contributed by atoms with Gasteiger partial charge in [0.25, 0.3) is 0 Å². The molecule has 1 saturated heterocycles.